The standard InChI is InChI=1S/C53H58N4O/c1-50(2,3)37-29-30-54-47(32-37)57-45-26-16-15-25-43(45)44-28-27-42(34-46(44)57)58-41-24-18-23-40(33-41)56-35-55(48(51(4,5)6)49(56)52(7,8)9)39-22-17-21-38(31-39)53(10,11)36-19-13-12-14-20-36/h12-34H,35H2,1-11H3. The summed E-state index contributed by atoms with van der Waals surface area (Å²) in [6.07, 6.45) is 1.93. The third-order valence-corrected chi connectivity index (χ3v) is 11.7. The molecule has 0 spiro atoms. The molecule has 0 aliphatic carbocycles. The quantitative estimate of drug-likeness (QED) is 0.162. The second kappa shape index (κ2) is 14.2. The van der Waals surface area contributed by atoms with Crippen LogP contribution in [0.3, 0.4) is 0 Å². The molecule has 0 saturated carbocycles. The second-order valence-corrected chi connectivity index (χ2v) is 19.5. The lowest BCUT2D eigenvalue weighted by Gasteiger charge is -2.34. The molecule has 1 aliphatic rings. The monoisotopic (exact) mass is 766 g/mol. The minimum absolute atomic E-state index is 0.00111. The minimum Gasteiger partial charge on any atom is -0.457 e. The number of allylic oxidation sites excluding steroid dienone is 2. The molecule has 7 aromatic rings. The van der Waals surface area contributed by atoms with Gasteiger partial charge in [-0.2, -0.15) is 0 Å². The molecule has 296 valence electrons. The Balaban J connectivity index is 1.18. The summed E-state index contributed by atoms with van der Waals surface area (Å²) in [6, 6.07) is 47.9. The van der Waals surface area contributed by atoms with Crippen LogP contribution >= 0.6 is 0 Å². The van der Waals surface area contributed by atoms with E-state index in [2.05, 4.69) is 224 Å². The first-order valence-electron chi connectivity index (χ1n) is 20.7. The molecule has 1 aliphatic heterocycles. The summed E-state index contributed by atoms with van der Waals surface area (Å²) in [5.41, 5.74) is 10.6. The molecule has 0 N–H and O–H groups in total. The third-order valence-electron chi connectivity index (χ3n) is 11.7. The van der Waals surface area contributed by atoms with Gasteiger partial charge in [0, 0.05) is 68.1 Å². The fourth-order valence-corrected chi connectivity index (χ4v) is 8.68. The number of rotatable bonds is 7. The van der Waals surface area contributed by atoms with Crippen molar-refractivity contribution in [2.45, 2.75) is 87.0 Å². The average molecular weight is 767 g/mol. The van der Waals surface area contributed by atoms with Crippen LogP contribution in [0, 0.1) is 10.8 Å². The first kappa shape index (κ1) is 39.0. The molecule has 0 saturated heterocycles. The fraction of sp³-hybridized carbons (Fsp3) is 0.302. The Hall–Kier alpha value is -5.81. The predicted molar refractivity (Wildman–Crippen MR) is 245 cm³/mol. The van der Waals surface area contributed by atoms with Crippen LogP contribution in [0.2, 0.25) is 0 Å². The first-order chi connectivity index (χ1) is 27.4. The van der Waals surface area contributed by atoms with Gasteiger partial charge in [-0.25, -0.2) is 4.98 Å². The van der Waals surface area contributed by atoms with E-state index in [9.17, 15) is 0 Å². The van der Waals surface area contributed by atoms with Crippen molar-refractivity contribution in [1.29, 1.82) is 0 Å². The van der Waals surface area contributed by atoms with Gasteiger partial charge in [0.25, 0.3) is 0 Å². The second-order valence-electron chi connectivity index (χ2n) is 19.5. The lowest BCUT2D eigenvalue weighted by atomic mass is 9.78. The van der Waals surface area contributed by atoms with Gasteiger partial charge in [0.2, 0.25) is 0 Å². The SMILES string of the molecule is CC(C)(C)C1=C(C(C)(C)C)N(c2cccc(C(C)(C)c3ccccc3)c2)CN1c1cccc(Oc2ccc3c4ccccc4n(-c4cc(C(C)(C)C)ccn4)c3c2)c1. The zero-order valence-electron chi connectivity index (χ0n) is 36.2. The Labute approximate surface area is 345 Å². The van der Waals surface area contributed by atoms with Crippen LogP contribution in [-0.4, -0.2) is 16.2 Å². The van der Waals surface area contributed by atoms with Crippen molar-refractivity contribution in [3.8, 4) is 17.3 Å². The molecule has 8 rings (SSSR count). The van der Waals surface area contributed by atoms with E-state index in [0.717, 1.165) is 34.0 Å². The summed E-state index contributed by atoms with van der Waals surface area (Å²) in [7, 11) is 0. The summed E-state index contributed by atoms with van der Waals surface area (Å²) in [4.78, 5) is 9.92. The maximum absolute atomic E-state index is 6.78. The topological polar surface area (TPSA) is 33.5 Å². The highest BCUT2D eigenvalue weighted by Gasteiger charge is 2.42. The van der Waals surface area contributed by atoms with Crippen molar-refractivity contribution >= 4 is 33.2 Å². The van der Waals surface area contributed by atoms with Crippen LogP contribution in [0.15, 0.2) is 151 Å². The molecule has 0 fully saturated rings. The third kappa shape index (κ3) is 7.16. The van der Waals surface area contributed by atoms with Gasteiger partial charge in [-0.3, -0.25) is 4.57 Å². The molecule has 0 bridgehead atoms. The number of ether oxygens (including phenoxy) is 1. The van der Waals surface area contributed by atoms with Crippen molar-refractivity contribution in [2.24, 2.45) is 10.8 Å². The number of para-hydroxylation sites is 1. The van der Waals surface area contributed by atoms with Crippen molar-refractivity contribution < 1.29 is 4.74 Å². The summed E-state index contributed by atoms with van der Waals surface area (Å²) in [5.74, 6) is 2.48. The largest absolute Gasteiger partial charge is 0.457 e. The highest BCUT2D eigenvalue weighted by atomic mass is 16.5. The van der Waals surface area contributed by atoms with Crippen LogP contribution < -0.4 is 14.5 Å². The van der Waals surface area contributed by atoms with Crippen molar-refractivity contribution in [2.75, 3.05) is 16.5 Å². The molecule has 5 nitrogen and oxygen atoms in total. The van der Waals surface area contributed by atoms with Crippen LogP contribution in [0.1, 0.15) is 92.9 Å². The summed E-state index contributed by atoms with van der Waals surface area (Å²) >= 11 is 0. The Morgan fingerprint density at radius 2 is 1.05 bits per heavy atom. The van der Waals surface area contributed by atoms with Crippen LogP contribution in [0.25, 0.3) is 27.6 Å². The van der Waals surface area contributed by atoms with Gasteiger partial charge in [-0.05, 0) is 76.7 Å². The Bertz CT molecular complexity index is 2660. The van der Waals surface area contributed by atoms with E-state index in [0.29, 0.717) is 6.67 Å². The summed E-state index contributed by atoms with van der Waals surface area (Å²) < 4.78 is 9.05. The smallest absolute Gasteiger partial charge is 0.137 e. The number of fused-ring (bicyclic) bond motifs is 3. The van der Waals surface area contributed by atoms with Crippen LogP contribution in [-0.2, 0) is 10.8 Å². The van der Waals surface area contributed by atoms with Gasteiger partial charge in [-0.1, -0.05) is 143 Å². The van der Waals surface area contributed by atoms with Gasteiger partial charge in [0.05, 0.1) is 17.7 Å². The highest BCUT2D eigenvalue weighted by molar-refractivity contribution is 6.09. The molecule has 58 heavy (non-hydrogen) atoms. The van der Waals surface area contributed by atoms with Gasteiger partial charge in [0.15, 0.2) is 0 Å². The predicted octanol–water partition coefficient (Wildman–Crippen LogP) is 14.2. The van der Waals surface area contributed by atoms with Crippen LogP contribution in [0.5, 0.6) is 11.5 Å². The summed E-state index contributed by atoms with van der Waals surface area (Å²) in [5, 5.41) is 2.36. The molecule has 0 amide bonds. The zero-order valence-corrected chi connectivity index (χ0v) is 36.2. The van der Waals surface area contributed by atoms with E-state index in [1.54, 1.807) is 0 Å². The van der Waals surface area contributed by atoms with Crippen molar-refractivity contribution in [3.63, 3.8) is 0 Å². The zero-order chi connectivity index (χ0) is 41.2. The van der Waals surface area contributed by atoms with E-state index < -0.39 is 0 Å². The van der Waals surface area contributed by atoms with Crippen molar-refractivity contribution in [1.82, 2.24) is 9.55 Å². The Kier molecular flexibility index (Phi) is 9.58. The lowest BCUT2D eigenvalue weighted by molar-refractivity contribution is 0.444. The highest BCUT2D eigenvalue weighted by Crippen LogP contribution is 2.49. The van der Waals surface area contributed by atoms with Gasteiger partial charge < -0.3 is 14.5 Å². The number of hydrogen-bond donors (Lipinski definition) is 0. The number of aromatic nitrogens is 2. The molecule has 3 heterocycles. The number of hydrogen-bond acceptors (Lipinski definition) is 4. The molecule has 5 aromatic carbocycles. The average Bonchev–Trinajstić information content (AvgIpc) is 3.76. The van der Waals surface area contributed by atoms with E-state index in [4.69, 9.17) is 9.72 Å². The molecule has 2 aromatic heterocycles. The Morgan fingerprint density at radius 1 is 0.466 bits per heavy atom. The van der Waals surface area contributed by atoms with E-state index in [-0.39, 0.29) is 21.7 Å². The van der Waals surface area contributed by atoms with Gasteiger partial charge >= 0.3 is 0 Å². The van der Waals surface area contributed by atoms with Crippen molar-refractivity contribution in [3.05, 3.63) is 168 Å². The molecular weight excluding hydrogens is 709 g/mol. The number of benzene rings is 5. The van der Waals surface area contributed by atoms with Gasteiger partial charge in [0.1, 0.15) is 17.3 Å². The Morgan fingerprint density at radius 3 is 1.72 bits per heavy atom. The normalized spacial score (nSPS) is 14.3. The van der Waals surface area contributed by atoms with E-state index >= 15 is 0 Å². The van der Waals surface area contributed by atoms with Gasteiger partial charge in [-0.15, -0.1) is 0 Å². The van der Waals surface area contributed by atoms with Crippen LogP contribution in [0.4, 0.5) is 11.4 Å². The minimum atomic E-state index is -0.148. The number of nitrogens with zero attached hydrogens (tertiary/aromatic N) is 4. The maximum atomic E-state index is 6.78. The molecule has 0 atom stereocenters. The molecule has 0 unspecified atom stereocenters. The lowest BCUT2D eigenvalue weighted by Crippen LogP contribution is -2.31. The summed E-state index contributed by atoms with van der Waals surface area (Å²) in [6.45, 7) is 26.1. The number of anilines is 2. The molecule has 5 heteroatoms. The molecule has 0 radical (unpaired) electrons. The maximum Gasteiger partial charge on any atom is 0.137 e. The first-order valence-corrected chi connectivity index (χ1v) is 20.7. The number of pyridine rings is 1. The molecular formula is C53H58N4O. The van der Waals surface area contributed by atoms with E-state index in [1.807, 2.05) is 6.20 Å². The van der Waals surface area contributed by atoms with E-state index in [1.165, 1.54) is 44.5 Å². The fourth-order valence-electron chi connectivity index (χ4n) is 8.68.